The van der Waals surface area contributed by atoms with Crippen molar-refractivity contribution >= 4 is 30.0 Å². The summed E-state index contributed by atoms with van der Waals surface area (Å²) in [6.07, 6.45) is 0.583. The number of ether oxygens (including phenoxy) is 1. The van der Waals surface area contributed by atoms with Gasteiger partial charge in [0, 0.05) is 20.0 Å². The van der Waals surface area contributed by atoms with Crippen molar-refractivity contribution in [1.29, 1.82) is 0 Å². The predicted octanol–water partition coefficient (Wildman–Crippen LogP) is -0.106. The van der Waals surface area contributed by atoms with Gasteiger partial charge in [-0.1, -0.05) is 12.1 Å². The molecule has 11 heteroatoms. The molecular weight excluding hydrogens is 392 g/mol. The van der Waals surface area contributed by atoms with Crippen LogP contribution in [0.25, 0.3) is 5.65 Å². The van der Waals surface area contributed by atoms with Gasteiger partial charge in [0.15, 0.2) is 11.3 Å². The second kappa shape index (κ2) is 7.92. The number of carbonyl (C=O) groups is 1. The third-order valence-corrected chi connectivity index (χ3v) is 4.98. The Labute approximate surface area is 172 Å². The van der Waals surface area contributed by atoms with E-state index in [1.165, 1.54) is 16.8 Å². The minimum atomic E-state index is -1.83. The number of alkyl halides is 1. The van der Waals surface area contributed by atoms with Gasteiger partial charge in [-0.15, -0.1) is 0 Å². The molecule has 0 spiro atoms. The Morgan fingerprint density at radius 1 is 1.40 bits per heavy atom. The Bertz CT molecular complexity index is 1070. The van der Waals surface area contributed by atoms with E-state index in [4.69, 9.17) is 4.74 Å². The van der Waals surface area contributed by atoms with E-state index in [9.17, 15) is 19.2 Å². The summed E-state index contributed by atoms with van der Waals surface area (Å²) in [7, 11) is 1.58. The molecule has 30 heavy (non-hydrogen) atoms. The molecule has 0 radical (unpaired) electrons. The van der Waals surface area contributed by atoms with Crippen molar-refractivity contribution in [2.45, 2.75) is 25.2 Å². The van der Waals surface area contributed by atoms with E-state index in [0.717, 1.165) is 11.3 Å². The Balaban J connectivity index is 1.68. The molecule has 2 atom stereocenters. The number of amides is 1. The van der Waals surface area contributed by atoms with Gasteiger partial charge in [-0.2, -0.15) is 5.10 Å². The number of rotatable bonds is 7. The summed E-state index contributed by atoms with van der Waals surface area (Å²) in [5.41, 5.74) is 1.96. The number of fused-ring (bicyclic) bond motifs is 1. The van der Waals surface area contributed by atoms with Crippen molar-refractivity contribution in [2.24, 2.45) is 0 Å². The number of aromatic nitrogens is 3. The predicted molar refractivity (Wildman–Crippen MR) is 109 cm³/mol. The van der Waals surface area contributed by atoms with E-state index in [1.54, 1.807) is 7.11 Å². The van der Waals surface area contributed by atoms with Crippen LogP contribution in [0.2, 0.25) is 0 Å². The van der Waals surface area contributed by atoms with E-state index in [0.29, 0.717) is 17.9 Å². The van der Waals surface area contributed by atoms with Crippen molar-refractivity contribution in [3.63, 3.8) is 0 Å². The van der Waals surface area contributed by atoms with Crippen LogP contribution < -0.4 is 20.5 Å². The van der Waals surface area contributed by atoms with Crippen LogP contribution in [0, 0.1) is 0 Å². The second-order valence-electron chi connectivity index (χ2n) is 7.24. The number of anilines is 1. The molecule has 3 N–H and O–H groups in total. The molecule has 9 nitrogen and oxygen atoms in total. The van der Waals surface area contributed by atoms with Gasteiger partial charge in [0.1, 0.15) is 11.9 Å². The third kappa shape index (κ3) is 3.94. The lowest BCUT2D eigenvalue weighted by molar-refractivity contribution is 0.0940. The SMILES string of the molecule is COc1ccc(CN(C)c2cc(B(O)O)nn3c(C(=O)N[C@@H]4C[C@@H]4F)cnc23)cc1. The van der Waals surface area contributed by atoms with Crippen LogP contribution in [0.1, 0.15) is 22.5 Å². The van der Waals surface area contributed by atoms with Crippen molar-refractivity contribution in [3.05, 3.63) is 47.8 Å². The molecule has 1 saturated carbocycles. The van der Waals surface area contributed by atoms with Gasteiger partial charge in [-0.3, -0.25) is 4.79 Å². The highest BCUT2D eigenvalue weighted by atomic mass is 19.1. The fourth-order valence-electron chi connectivity index (χ4n) is 3.18. The molecule has 2 heterocycles. The minimum absolute atomic E-state index is 0.0408. The lowest BCUT2D eigenvalue weighted by Crippen LogP contribution is -2.36. The second-order valence-corrected chi connectivity index (χ2v) is 7.24. The topological polar surface area (TPSA) is 112 Å². The van der Waals surface area contributed by atoms with Crippen LogP contribution in [0.3, 0.4) is 0 Å². The smallest absolute Gasteiger partial charge is 0.497 e. The number of methoxy groups -OCH3 is 1. The largest absolute Gasteiger partial charge is 0.510 e. The first-order valence-corrected chi connectivity index (χ1v) is 9.41. The molecule has 0 aliphatic heterocycles. The zero-order valence-corrected chi connectivity index (χ0v) is 16.5. The van der Waals surface area contributed by atoms with E-state index in [-0.39, 0.29) is 17.7 Å². The van der Waals surface area contributed by atoms with Crippen molar-refractivity contribution in [3.8, 4) is 5.75 Å². The monoisotopic (exact) mass is 413 g/mol. The first kappa shape index (κ1) is 20.1. The summed E-state index contributed by atoms with van der Waals surface area (Å²) in [6, 6.07) is 8.54. The molecule has 156 valence electrons. The summed E-state index contributed by atoms with van der Waals surface area (Å²) < 4.78 is 19.6. The number of carbonyl (C=O) groups excluding carboxylic acids is 1. The fourth-order valence-corrected chi connectivity index (χ4v) is 3.18. The number of hydrogen-bond acceptors (Lipinski definition) is 7. The van der Waals surface area contributed by atoms with Gasteiger partial charge in [-0.25, -0.2) is 13.9 Å². The number of halogens is 1. The Hall–Kier alpha value is -3.18. The lowest BCUT2D eigenvalue weighted by atomic mass is 9.86. The van der Waals surface area contributed by atoms with Gasteiger partial charge in [-0.05, 0) is 23.8 Å². The van der Waals surface area contributed by atoms with E-state index in [1.807, 2.05) is 36.2 Å². The number of nitrogens with one attached hydrogen (secondary N) is 1. The minimum Gasteiger partial charge on any atom is -0.497 e. The zero-order chi connectivity index (χ0) is 21.4. The molecule has 0 unspecified atom stereocenters. The molecule has 1 aliphatic carbocycles. The highest BCUT2D eigenvalue weighted by Crippen LogP contribution is 2.26. The van der Waals surface area contributed by atoms with Crippen LogP contribution in [0.15, 0.2) is 36.5 Å². The Kier molecular flexibility index (Phi) is 5.31. The number of hydrogen-bond donors (Lipinski definition) is 3. The van der Waals surface area contributed by atoms with Crippen LogP contribution in [-0.2, 0) is 6.54 Å². The maximum absolute atomic E-state index is 13.2. The third-order valence-electron chi connectivity index (χ3n) is 4.98. The quantitative estimate of drug-likeness (QED) is 0.464. The van der Waals surface area contributed by atoms with Crippen molar-refractivity contribution in [2.75, 3.05) is 19.1 Å². The van der Waals surface area contributed by atoms with Gasteiger partial charge < -0.3 is 25.0 Å². The maximum atomic E-state index is 13.2. The molecule has 3 aromatic rings. The summed E-state index contributed by atoms with van der Waals surface area (Å²) >= 11 is 0. The van der Waals surface area contributed by atoms with Crippen molar-refractivity contribution < 1.29 is 24.0 Å². The summed E-state index contributed by atoms with van der Waals surface area (Å²) in [5, 5.41) is 26.1. The molecule has 1 fully saturated rings. The highest BCUT2D eigenvalue weighted by Gasteiger charge is 2.39. The van der Waals surface area contributed by atoms with E-state index >= 15 is 0 Å². The standard InChI is InChI=1S/C19H21BFN5O4/c1-25(10-11-3-5-12(30-2)6-4-11)15-8-17(20(28)29)24-26-16(9-22-18(15)26)19(27)23-14-7-13(14)21/h3-6,8-9,13-14,28-29H,7,10H2,1-2H3,(H,23,27)/t13-,14+/m0/s1. The normalized spacial score (nSPS) is 17.6. The van der Waals surface area contributed by atoms with Crippen LogP contribution in [0.5, 0.6) is 5.75 Å². The molecule has 4 rings (SSSR count). The summed E-state index contributed by atoms with van der Waals surface area (Å²) in [4.78, 5) is 18.7. The van der Waals surface area contributed by atoms with Gasteiger partial charge in [0.2, 0.25) is 0 Å². The van der Waals surface area contributed by atoms with E-state index < -0.39 is 25.2 Å². The first-order valence-electron chi connectivity index (χ1n) is 9.41. The first-order chi connectivity index (χ1) is 14.4. The lowest BCUT2D eigenvalue weighted by Gasteiger charge is -2.21. The van der Waals surface area contributed by atoms with Gasteiger partial charge in [0.25, 0.3) is 5.91 Å². The highest BCUT2D eigenvalue weighted by molar-refractivity contribution is 6.57. The van der Waals surface area contributed by atoms with Crippen LogP contribution in [-0.4, -0.2) is 64.0 Å². The fraction of sp³-hybridized carbons (Fsp3) is 0.316. The van der Waals surface area contributed by atoms with Gasteiger partial charge in [0.05, 0.1) is 30.6 Å². The van der Waals surface area contributed by atoms with Gasteiger partial charge >= 0.3 is 7.12 Å². The summed E-state index contributed by atoms with van der Waals surface area (Å²) in [5.74, 6) is 0.224. The Morgan fingerprint density at radius 2 is 2.10 bits per heavy atom. The number of nitrogens with zero attached hydrogens (tertiary/aromatic N) is 4. The molecule has 1 aromatic carbocycles. The molecule has 0 saturated heterocycles. The van der Waals surface area contributed by atoms with Crippen molar-refractivity contribution in [1.82, 2.24) is 19.9 Å². The average Bonchev–Trinajstić information content (AvgIpc) is 3.25. The maximum Gasteiger partial charge on any atom is 0.510 e. The molecule has 2 aromatic heterocycles. The average molecular weight is 413 g/mol. The van der Waals surface area contributed by atoms with Crippen LogP contribution in [0.4, 0.5) is 10.1 Å². The Morgan fingerprint density at radius 3 is 2.70 bits per heavy atom. The molecule has 0 bridgehead atoms. The zero-order valence-electron chi connectivity index (χ0n) is 16.5. The number of imidazole rings is 1. The molecule has 1 amide bonds. The summed E-state index contributed by atoms with van der Waals surface area (Å²) in [6.45, 7) is 0.491. The molecule has 1 aliphatic rings. The molecular formula is C19H21BFN5O4. The number of benzene rings is 1. The van der Waals surface area contributed by atoms with Crippen LogP contribution >= 0.6 is 0 Å². The van der Waals surface area contributed by atoms with E-state index in [2.05, 4.69) is 15.4 Å².